The number of nitrogens with zero attached hydrogens (tertiary/aromatic N) is 2. The van der Waals surface area contributed by atoms with Crippen LogP contribution in [0.15, 0.2) is 71.8 Å². The summed E-state index contributed by atoms with van der Waals surface area (Å²) < 4.78 is 13.1. The SMILES string of the molecule is CCSc1nnc(-c2ccc(C)c(NC(=O)c3ccc(F)cc3)c2)c2ccccc12. The molecule has 30 heavy (non-hydrogen) atoms. The molecule has 0 aliphatic carbocycles. The third-order valence-electron chi connectivity index (χ3n) is 4.80. The number of anilines is 1. The Kier molecular flexibility index (Phi) is 5.77. The number of thioether (sulfide) groups is 1. The molecule has 0 unspecified atom stereocenters. The van der Waals surface area contributed by atoms with Crippen molar-refractivity contribution in [3.63, 3.8) is 0 Å². The lowest BCUT2D eigenvalue weighted by Crippen LogP contribution is -2.12. The lowest BCUT2D eigenvalue weighted by molar-refractivity contribution is 0.102. The van der Waals surface area contributed by atoms with Crippen molar-refractivity contribution in [1.82, 2.24) is 10.2 Å². The van der Waals surface area contributed by atoms with E-state index in [0.717, 1.165) is 38.4 Å². The van der Waals surface area contributed by atoms with Gasteiger partial charge in [0.25, 0.3) is 5.91 Å². The van der Waals surface area contributed by atoms with Gasteiger partial charge in [0.2, 0.25) is 0 Å². The van der Waals surface area contributed by atoms with Gasteiger partial charge in [-0.15, -0.1) is 22.0 Å². The molecular weight excluding hydrogens is 397 g/mol. The maximum atomic E-state index is 13.1. The van der Waals surface area contributed by atoms with Gasteiger partial charge in [-0.1, -0.05) is 43.3 Å². The summed E-state index contributed by atoms with van der Waals surface area (Å²) in [5.41, 5.74) is 3.63. The summed E-state index contributed by atoms with van der Waals surface area (Å²) in [6, 6.07) is 19.4. The van der Waals surface area contributed by atoms with Crippen LogP contribution in [0.1, 0.15) is 22.8 Å². The van der Waals surface area contributed by atoms with Crippen LogP contribution in [-0.4, -0.2) is 21.9 Å². The second-order valence-electron chi connectivity index (χ2n) is 6.82. The molecule has 1 aromatic heterocycles. The predicted molar refractivity (Wildman–Crippen MR) is 120 cm³/mol. The summed E-state index contributed by atoms with van der Waals surface area (Å²) in [6.07, 6.45) is 0. The zero-order chi connectivity index (χ0) is 21.1. The Hall–Kier alpha value is -3.25. The van der Waals surface area contributed by atoms with Crippen LogP contribution in [0.5, 0.6) is 0 Å². The van der Waals surface area contributed by atoms with Crippen molar-refractivity contribution >= 4 is 34.1 Å². The first-order valence-electron chi connectivity index (χ1n) is 9.63. The molecule has 0 aliphatic heterocycles. The molecule has 1 amide bonds. The van der Waals surface area contributed by atoms with E-state index >= 15 is 0 Å². The fourth-order valence-electron chi connectivity index (χ4n) is 3.24. The molecule has 0 aliphatic rings. The maximum absolute atomic E-state index is 13.1. The zero-order valence-electron chi connectivity index (χ0n) is 16.6. The molecule has 150 valence electrons. The standard InChI is InChI=1S/C24H20FN3OS/c1-3-30-24-20-7-5-4-6-19(20)22(27-28-24)17-9-8-15(2)21(14-17)26-23(29)16-10-12-18(25)13-11-16/h4-14H,3H2,1-2H3,(H,26,29). The molecule has 1 heterocycles. The van der Waals surface area contributed by atoms with E-state index in [-0.39, 0.29) is 11.7 Å². The molecule has 0 fully saturated rings. The smallest absolute Gasteiger partial charge is 0.255 e. The number of nitrogens with one attached hydrogen (secondary N) is 1. The molecule has 0 radical (unpaired) electrons. The average molecular weight is 418 g/mol. The normalized spacial score (nSPS) is 10.9. The lowest BCUT2D eigenvalue weighted by Gasteiger charge is -2.12. The molecule has 3 aromatic carbocycles. The quantitative estimate of drug-likeness (QED) is 0.398. The number of benzene rings is 3. The van der Waals surface area contributed by atoms with E-state index in [4.69, 9.17) is 0 Å². The number of halogens is 1. The molecule has 0 saturated heterocycles. The lowest BCUT2D eigenvalue weighted by atomic mass is 10.0. The number of carbonyl (C=O) groups excluding carboxylic acids is 1. The number of carbonyl (C=O) groups is 1. The molecule has 1 N–H and O–H groups in total. The van der Waals surface area contributed by atoms with E-state index in [1.165, 1.54) is 24.3 Å². The molecule has 0 saturated carbocycles. The van der Waals surface area contributed by atoms with Crippen LogP contribution in [0.3, 0.4) is 0 Å². The first kappa shape index (κ1) is 20.0. The van der Waals surface area contributed by atoms with E-state index in [2.05, 4.69) is 28.5 Å². The van der Waals surface area contributed by atoms with Crippen molar-refractivity contribution in [2.75, 3.05) is 11.1 Å². The van der Waals surface area contributed by atoms with Crippen molar-refractivity contribution in [1.29, 1.82) is 0 Å². The van der Waals surface area contributed by atoms with E-state index in [9.17, 15) is 9.18 Å². The van der Waals surface area contributed by atoms with Crippen LogP contribution in [0.4, 0.5) is 10.1 Å². The van der Waals surface area contributed by atoms with Gasteiger partial charge in [0.05, 0.1) is 0 Å². The Bertz CT molecular complexity index is 1230. The van der Waals surface area contributed by atoms with Crippen molar-refractivity contribution < 1.29 is 9.18 Å². The van der Waals surface area contributed by atoms with Crippen molar-refractivity contribution in [2.24, 2.45) is 0 Å². The number of hydrogen-bond acceptors (Lipinski definition) is 4. The van der Waals surface area contributed by atoms with Gasteiger partial charge in [-0.2, -0.15) is 0 Å². The Balaban J connectivity index is 1.72. The van der Waals surface area contributed by atoms with Crippen LogP contribution >= 0.6 is 11.8 Å². The molecule has 0 atom stereocenters. The predicted octanol–water partition coefficient (Wildman–Crippen LogP) is 6.11. The van der Waals surface area contributed by atoms with Gasteiger partial charge < -0.3 is 5.32 Å². The van der Waals surface area contributed by atoms with Crippen LogP contribution in [0, 0.1) is 12.7 Å². The third-order valence-corrected chi connectivity index (χ3v) is 5.66. The van der Waals surface area contributed by atoms with E-state index in [1.807, 2.05) is 43.3 Å². The van der Waals surface area contributed by atoms with Crippen molar-refractivity contribution in [3.8, 4) is 11.3 Å². The third kappa shape index (κ3) is 4.04. The number of amides is 1. The summed E-state index contributed by atoms with van der Waals surface area (Å²) in [4.78, 5) is 12.6. The minimum Gasteiger partial charge on any atom is -0.322 e. The van der Waals surface area contributed by atoms with Crippen molar-refractivity contribution in [3.05, 3.63) is 83.7 Å². The largest absolute Gasteiger partial charge is 0.322 e. The highest BCUT2D eigenvalue weighted by Crippen LogP contribution is 2.33. The van der Waals surface area contributed by atoms with Gasteiger partial charge >= 0.3 is 0 Å². The van der Waals surface area contributed by atoms with E-state index < -0.39 is 0 Å². The van der Waals surface area contributed by atoms with Crippen LogP contribution < -0.4 is 5.32 Å². The number of rotatable bonds is 5. The summed E-state index contributed by atoms with van der Waals surface area (Å²) in [6.45, 7) is 4.01. The second kappa shape index (κ2) is 8.63. The van der Waals surface area contributed by atoms with Gasteiger partial charge in [-0.05, 0) is 48.6 Å². The molecule has 0 spiro atoms. The second-order valence-corrected chi connectivity index (χ2v) is 8.08. The molecule has 4 nitrogen and oxygen atoms in total. The van der Waals surface area contributed by atoms with Gasteiger partial charge in [0.1, 0.15) is 16.5 Å². The fourth-order valence-corrected chi connectivity index (χ4v) is 3.94. The highest BCUT2D eigenvalue weighted by Gasteiger charge is 2.14. The summed E-state index contributed by atoms with van der Waals surface area (Å²) >= 11 is 1.66. The molecule has 4 aromatic rings. The Labute approximate surface area is 178 Å². The molecule has 4 rings (SSSR count). The first-order valence-corrected chi connectivity index (χ1v) is 10.6. The van der Waals surface area contributed by atoms with Gasteiger partial charge in [0.15, 0.2) is 0 Å². The van der Waals surface area contributed by atoms with Crippen LogP contribution in [-0.2, 0) is 0 Å². The monoisotopic (exact) mass is 417 g/mol. The number of fused-ring (bicyclic) bond motifs is 1. The van der Waals surface area contributed by atoms with E-state index in [1.54, 1.807) is 11.8 Å². The minimum absolute atomic E-state index is 0.291. The average Bonchev–Trinajstić information content (AvgIpc) is 2.76. The zero-order valence-corrected chi connectivity index (χ0v) is 17.5. The molecular formula is C24H20FN3OS. The number of aryl methyl sites for hydroxylation is 1. The molecule has 6 heteroatoms. The number of aromatic nitrogens is 2. The van der Waals surface area contributed by atoms with Gasteiger partial charge in [0, 0.05) is 27.6 Å². The van der Waals surface area contributed by atoms with Gasteiger partial charge in [-0.3, -0.25) is 4.79 Å². The van der Waals surface area contributed by atoms with E-state index in [0.29, 0.717) is 11.3 Å². The Morgan fingerprint density at radius 3 is 2.47 bits per heavy atom. The highest BCUT2D eigenvalue weighted by molar-refractivity contribution is 7.99. The highest BCUT2D eigenvalue weighted by atomic mass is 32.2. The Morgan fingerprint density at radius 2 is 1.73 bits per heavy atom. The minimum atomic E-state index is -0.375. The number of hydrogen-bond donors (Lipinski definition) is 1. The topological polar surface area (TPSA) is 54.9 Å². The Morgan fingerprint density at radius 1 is 1.00 bits per heavy atom. The summed E-state index contributed by atoms with van der Waals surface area (Å²) in [5, 5.41) is 14.8. The summed E-state index contributed by atoms with van der Waals surface area (Å²) in [5.74, 6) is 0.253. The van der Waals surface area contributed by atoms with Crippen LogP contribution in [0.25, 0.3) is 22.0 Å². The van der Waals surface area contributed by atoms with Crippen LogP contribution in [0.2, 0.25) is 0 Å². The van der Waals surface area contributed by atoms with Crippen molar-refractivity contribution in [2.45, 2.75) is 18.9 Å². The first-order chi connectivity index (χ1) is 14.6. The summed E-state index contributed by atoms with van der Waals surface area (Å²) in [7, 11) is 0. The fraction of sp³-hybridized carbons (Fsp3) is 0.125. The maximum Gasteiger partial charge on any atom is 0.255 e. The van der Waals surface area contributed by atoms with Gasteiger partial charge in [-0.25, -0.2) is 4.39 Å². The molecule has 0 bridgehead atoms.